The summed E-state index contributed by atoms with van der Waals surface area (Å²) in [4.78, 5) is 25.1. The van der Waals surface area contributed by atoms with Crippen LogP contribution in [0.4, 0.5) is 0 Å². The first-order chi connectivity index (χ1) is 9.63. The van der Waals surface area contributed by atoms with E-state index < -0.39 is 18.0 Å². The highest BCUT2D eigenvalue weighted by molar-refractivity contribution is 5.83. The van der Waals surface area contributed by atoms with Crippen molar-refractivity contribution >= 4 is 11.9 Å². The number of likely N-dealkylation sites (tertiary alicyclic amines) is 1. The maximum atomic E-state index is 12.5. The van der Waals surface area contributed by atoms with Gasteiger partial charge >= 0.3 is 5.97 Å². The third-order valence-electron chi connectivity index (χ3n) is 3.51. The highest BCUT2D eigenvalue weighted by atomic mass is 16.5. The van der Waals surface area contributed by atoms with E-state index in [0.717, 1.165) is 5.56 Å². The van der Waals surface area contributed by atoms with Crippen molar-refractivity contribution in [3.63, 3.8) is 0 Å². The third kappa shape index (κ3) is 3.17. The lowest BCUT2D eigenvalue weighted by Gasteiger charge is -2.23. The number of nitrogens with zero attached hydrogens (tertiary/aromatic N) is 1. The smallest absolute Gasteiger partial charge is 0.308 e. The van der Waals surface area contributed by atoms with Crippen molar-refractivity contribution in [2.75, 3.05) is 19.7 Å². The predicted octanol–water partition coefficient (Wildman–Crippen LogP) is 1.70. The highest BCUT2D eigenvalue weighted by Crippen LogP contribution is 2.24. The Labute approximate surface area is 118 Å². The Morgan fingerprint density at radius 1 is 1.40 bits per heavy atom. The molecule has 5 nitrogen and oxygen atoms in total. The van der Waals surface area contributed by atoms with Gasteiger partial charge in [-0.1, -0.05) is 30.3 Å². The first kappa shape index (κ1) is 14.5. The van der Waals surface area contributed by atoms with Crippen LogP contribution in [0.3, 0.4) is 0 Å². The molecule has 2 atom stereocenters. The van der Waals surface area contributed by atoms with Gasteiger partial charge in [0.05, 0.1) is 5.92 Å². The standard InChI is InChI=1S/C15H19NO4/c1-2-20-13(11-6-4-3-5-7-11)14(17)16-9-8-12(10-16)15(18)19/h3-7,12-13H,2,8-10H2,1H3,(H,18,19)/t12-,13+/m0/s1. The van der Waals surface area contributed by atoms with Gasteiger partial charge in [0.2, 0.25) is 0 Å². The van der Waals surface area contributed by atoms with Crippen molar-refractivity contribution < 1.29 is 19.4 Å². The molecule has 108 valence electrons. The molecule has 0 bridgehead atoms. The molecule has 1 aliphatic rings. The molecule has 1 amide bonds. The Morgan fingerprint density at radius 2 is 2.10 bits per heavy atom. The number of benzene rings is 1. The first-order valence-corrected chi connectivity index (χ1v) is 6.81. The first-order valence-electron chi connectivity index (χ1n) is 6.81. The largest absolute Gasteiger partial charge is 0.481 e. The number of carbonyl (C=O) groups excluding carboxylic acids is 1. The summed E-state index contributed by atoms with van der Waals surface area (Å²) in [7, 11) is 0. The van der Waals surface area contributed by atoms with E-state index in [0.29, 0.717) is 19.6 Å². The molecular weight excluding hydrogens is 258 g/mol. The molecule has 0 saturated carbocycles. The Morgan fingerprint density at radius 3 is 2.65 bits per heavy atom. The van der Waals surface area contributed by atoms with Crippen LogP contribution in [0.25, 0.3) is 0 Å². The van der Waals surface area contributed by atoms with Crippen LogP contribution in [0.5, 0.6) is 0 Å². The fourth-order valence-electron chi connectivity index (χ4n) is 2.43. The molecular formula is C15H19NO4. The molecule has 1 aromatic carbocycles. The molecule has 1 aromatic rings. The number of carboxylic acids is 1. The molecule has 5 heteroatoms. The van der Waals surface area contributed by atoms with Gasteiger partial charge in [0.15, 0.2) is 6.10 Å². The van der Waals surface area contributed by atoms with Gasteiger partial charge in [-0.15, -0.1) is 0 Å². The van der Waals surface area contributed by atoms with Crippen molar-refractivity contribution in [3.05, 3.63) is 35.9 Å². The Kier molecular flexibility index (Phi) is 4.74. The van der Waals surface area contributed by atoms with E-state index >= 15 is 0 Å². The van der Waals surface area contributed by atoms with E-state index in [1.165, 1.54) is 0 Å². The summed E-state index contributed by atoms with van der Waals surface area (Å²) in [6.07, 6.45) is -0.136. The summed E-state index contributed by atoms with van der Waals surface area (Å²) in [5, 5.41) is 9.00. The second kappa shape index (κ2) is 6.52. The summed E-state index contributed by atoms with van der Waals surface area (Å²) in [6.45, 7) is 3.02. The molecule has 20 heavy (non-hydrogen) atoms. The van der Waals surface area contributed by atoms with Gasteiger partial charge in [0.1, 0.15) is 0 Å². The second-order valence-electron chi connectivity index (χ2n) is 4.85. The normalized spacial score (nSPS) is 19.9. The van der Waals surface area contributed by atoms with Crippen molar-refractivity contribution in [2.24, 2.45) is 5.92 Å². The van der Waals surface area contributed by atoms with Crippen LogP contribution in [0.1, 0.15) is 25.0 Å². The molecule has 2 rings (SSSR count). The molecule has 0 aliphatic carbocycles. The van der Waals surface area contributed by atoms with E-state index in [1.807, 2.05) is 37.3 Å². The number of hydrogen-bond donors (Lipinski definition) is 1. The van der Waals surface area contributed by atoms with Gasteiger partial charge < -0.3 is 14.7 Å². The molecule has 0 aromatic heterocycles. The van der Waals surface area contributed by atoms with E-state index in [2.05, 4.69) is 0 Å². The van der Waals surface area contributed by atoms with Gasteiger partial charge in [-0.05, 0) is 18.9 Å². The monoisotopic (exact) mass is 277 g/mol. The zero-order valence-corrected chi connectivity index (χ0v) is 11.5. The number of hydrogen-bond acceptors (Lipinski definition) is 3. The molecule has 0 radical (unpaired) electrons. The maximum Gasteiger partial charge on any atom is 0.308 e. The highest BCUT2D eigenvalue weighted by Gasteiger charge is 2.34. The molecule has 1 heterocycles. The fraction of sp³-hybridized carbons (Fsp3) is 0.467. The molecule has 0 spiro atoms. The van der Waals surface area contributed by atoms with Gasteiger partial charge in [0, 0.05) is 19.7 Å². The number of rotatable bonds is 5. The molecule has 1 fully saturated rings. The summed E-state index contributed by atoms with van der Waals surface area (Å²) in [5.41, 5.74) is 0.804. The summed E-state index contributed by atoms with van der Waals surface area (Å²) in [5.74, 6) is -1.45. The van der Waals surface area contributed by atoms with Crippen molar-refractivity contribution in [1.29, 1.82) is 0 Å². The third-order valence-corrected chi connectivity index (χ3v) is 3.51. The topological polar surface area (TPSA) is 66.8 Å². The molecule has 0 unspecified atom stereocenters. The molecule has 1 aliphatic heterocycles. The summed E-state index contributed by atoms with van der Waals surface area (Å²) in [6, 6.07) is 9.30. The van der Waals surface area contributed by atoms with E-state index in [1.54, 1.807) is 4.90 Å². The van der Waals surface area contributed by atoms with Crippen molar-refractivity contribution in [3.8, 4) is 0 Å². The van der Waals surface area contributed by atoms with Crippen molar-refractivity contribution in [2.45, 2.75) is 19.4 Å². The predicted molar refractivity (Wildman–Crippen MR) is 73.1 cm³/mol. The summed E-state index contributed by atoms with van der Waals surface area (Å²) < 4.78 is 5.56. The Bertz CT molecular complexity index is 474. The number of carboxylic acid groups (broad SMARTS) is 1. The van der Waals surface area contributed by atoms with Crippen LogP contribution in [0.2, 0.25) is 0 Å². The number of carbonyl (C=O) groups is 2. The molecule has 1 saturated heterocycles. The average molecular weight is 277 g/mol. The van der Waals surface area contributed by atoms with Crippen molar-refractivity contribution in [1.82, 2.24) is 4.90 Å². The van der Waals surface area contributed by atoms with Crippen LogP contribution < -0.4 is 0 Å². The number of amides is 1. The van der Waals surface area contributed by atoms with Gasteiger partial charge in [-0.3, -0.25) is 9.59 Å². The van der Waals surface area contributed by atoms with Crippen LogP contribution in [0, 0.1) is 5.92 Å². The summed E-state index contributed by atoms with van der Waals surface area (Å²) >= 11 is 0. The lowest BCUT2D eigenvalue weighted by molar-refractivity contribution is -0.144. The SMILES string of the molecule is CCO[C@@H](C(=O)N1CC[C@H](C(=O)O)C1)c1ccccc1. The quantitative estimate of drug-likeness (QED) is 0.889. The van der Waals surface area contributed by atoms with Crippen LogP contribution in [-0.2, 0) is 14.3 Å². The van der Waals surface area contributed by atoms with E-state index in [4.69, 9.17) is 9.84 Å². The zero-order chi connectivity index (χ0) is 14.5. The molecule has 1 N–H and O–H groups in total. The van der Waals surface area contributed by atoms with Crippen LogP contribution in [-0.4, -0.2) is 41.6 Å². The minimum atomic E-state index is -0.840. The van der Waals surface area contributed by atoms with Crippen LogP contribution >= 0.6 is 0 Å². The minimum Gasteiger partial charge on any atom is -0.481 e. The maximum absolute atomic E-state index is 12.5. The fourth-order valence-corrected chi connectivity index (χ4v) is 2.43. The Hall–Kier alpha value is -1.88. The van der Waals surface area contributed by atoms with E-state index in [9.17, 15) is 9.59 Å². The lowest BCUT2D eigenvalue weighted by Crippen LogP contribution is -2.35. The zero-order valence-electron chi connectivity index (χ0n) is 11.5. The second-order valence-corrected chi connectivity index (χ2v) is 4.85. The van der Waals surface area contributed by atoms with Crippen LogP contribution in [0.15, 0.2) is 30.3 Å². The van der Waals surface area contributed by atoms with Gasteiger partial charge in [-0.25, -0.2) is 0 Å². The number of ether oxygens (including phenoxy) is 1. The lowest BCUT2D eigenvalue weighted by atomic mass is 10.1. The van der Waals surface area contributed by atoms with Gasteiger partial charge in [0.25, 0.3) is 5.91 Å². The van der Waals surface area contributed by atoms with E-state index in [-0.39, 0.29) is 12.5 Å². The van der Waals surface area contributed by atoms with Gasteiger partial charge in [-0.2, -0.15) is 0 Å². The minimum absolute atomic E-state index is 0.151. The average Bonchev–Trinajstić information content (AvgIpc) is 2.95. The Balaban J connectivity index is 2.10. The number of aliphatic carboxylic acids is 1.